The Kier molecular flexibility index (Phi) is 5.88. The van der Waals surface area contributed by atoms with Crippen molar-refractivity contribution in [2.75, 3.05) is 13.1 Å². The lowest BCUT2D eigenvalue weighted by Gasteiger charge is -2.25. The Morgan fingerprint density at radius 2 is 2.04 bits per heavy atom. The number of amides is 2. The van der Waals surface area contributed by atoms with Crippen molar-refractivity contribution in [3.8, 4) is 0 Å². The largest absolute Gasteiger partial charge is 0.416 e. The Morgan fingerprint density at radius 1 is 1.38 bits per heavy atom. The number of aliphatic hydroxyl groups is 1. The number of likely N-dealkylation sites (tertiary alicyclic amines) is 1. The van der Waals surface area contributed by atoms with Gasteiger partial charge < -0.3 is 15.3 Å². The molecule has 1 saturated heterocycles. The molecule has 2 rings (SSSR count). The minimum Gasteiger partial charge on any atom is -0.391 e. The molecule has 2 atom stereocenters. The quantitative estimate of drug-likeness (QED) is 0.650. The van der Waals surface area contributed by atoms with Crippen molar-refractivity contribution in [1.29, 1.82) is 0 Å². The number of urea groups is 1. The molecule has 2 amide bonds. The van der Waals surface area contributed by atoms with Gasteiger partial charge in [0.2, 0.25) is 0 Å². The average Bonchev–Trinajstić information content (AvgIpc) is 2.93. The summed E-state index contributed by atoms with van der Waals surface area (Å²) in [5.41, 5.74) is -0.143. The monoisotopic (exact) mass is 342 g/mol. The molecule has 0 radical (unpaired) electrons. The summed E-state index contributed by atoms with van der Waals surface area (Å²) in [7, 11) is 0. The summed E-state index contributed by atoms with van der Waals surface area (Å²) >= 11 is 0. The molecule has 0 aliphatic carbocycles. The third-order valence-corrected chi connectivity index (χ3v) is 3.99. The van der Waals surface area contributed by atoms with Crippen LogP contribution in [-0.4, -0.2) is 35.2 Å². The molecule has 1 fully saturated rings. The number of carbonyl (C=O) groups excluding carboxylic acids is 1. The second-order valence-corrected chi connectivity index (χ2v) is 5.77. The molecule has 132 valence electrons. The average molecular weight is 342 g/mol. The Bertz CT molecular complexity index is 584. The number of aliphatic hydroxyl groups excluding tert-OH is 1. The molecule has 0 bridgehead atoms. The van der Waals surface area contributed by atoms with E-state index in [1.165, 1.54) is 17.0 Å². The first kappa shape index (κ1) is 18.3. The molecule has 1 aromatic rings. The Hall–Kier alpha value is -2.02. The molecule has 2 unspecified atom stereocenters. The van der Waals surface area contributed by atoms with E-state index in [9.17, 15) is 23.1 Å². The van der Waals surface area contributed by atoms with Gasteiger partial charge >= 0.3 is 12.2 Å². The summed E-state index contributed by atoms with van der Waals surface area (Å²) in [5.74, 6) is 0. The SMILES string of the molecule is C/C=C/CCNC(=O)N1CC(O)CC1c1ccc(C(F)(F)F)cc1. The third-order valence-electron chi connectivity index (χ3n) is 3.99. The van der Waals surface area contributed by atoms with Gasteiger partial charge in [0.05, 0.1) is 17.7 Å². The maximum atomic E-state index is 12.6. The summed E-state index contributed by atoms with van der Waals surface area (Å²) in [6, 6.07) is 3.99. The number of hydrogen-bond acceptors (Lipinski definition) is 2. The van der Waals surface area contributed by atoms with Gasteiger partial charge in [-0.05, 0) is 37.5 Å². The van der Waals surface area contributed by atoms with E-state index < -0.39 is 23.9 Å². The van der Waals surface area contributed by atoms with Crippen LogP contribution in [0.25, 0.3) is 0 Å². The van der Waals surface area contributed by atoms with Crippen molar-refractivity contribution in [2.24, 2.45) is 0 Å². The van der Waals surface area contributed by atoms with Gasteiger partial charge in [0.15, 0.2) is 0 Å². The number of rotatable bonds is 4. The first-order valence-electron chi connectivity index (χ1n) is 7.83. The van der Waals surface area contributed by atoms with Crippen LogP contribution in [-0.2, 0) is 6.18 Å². The summed E-state index contributed by atoms with van der Waals surface area (Å²) in [6.45, 7) is 2.52. The number of hydrogen-bond donors (Lipinski definition) is 2. The van der Waals surface area contributed by atoms with Crippen molar-refractivity contribution in [3.05, 3.63) is 47.5 Å². The number of nitrogens with zero attached hydrogens (tertiary/aromatic N) is 1. The van der Waals surface area contributed by atoms with Gasteiger partial charge in [0.25, 0.3) is 0 Å². The Balaban J connectivity index is 2.08. The highest BCUT2D eigenvalue weighted by Gasteiger charge is 2.36. The molecule has 0 aromatic heterocycles. The fraction of sp³-hybridized carbons (Fsp3) is 0.471. The highest BCUT2D eigenvalue weighted by atomic mass is 19.4. The Labute approximate surface area is 139 Å². The molecule has 1 heterocycles. The molecule has 24 heavy (non-hydrogen) atoms. The first-order chi connectivity index (χ1) is 11.3. The summed E-state index contributed by atoms with van der Waals surface area (Å²) in [4.78, 5) is 13.7. The topological polar surface area (TPSA) is 52.6 Å². The van der Waals surface area contributed by atoms with Gasteiger partial charge in [-0.1, -0.05) is 24.3 Å². The minimum absolute atomic E-state index is 0.168. The smallest absolute Gasteiger partial charge is 0.391 e. The first-order valence-corrected chi connectivity index (χ1v) is 7.83. The molecular formula is C17H21F3N2O2. The maximum absolute atomic E-state index is 12.6. The van der Waals surface area contributed by atoms with E-state index in [4.69, 9.17) is 0 Å². The second kappa shape index (κ2) is 7.70. The van der Waals surface area contributed by atoms with Crippen molar-refractivity contribution in [1.82, 2.24) is 10.2 Å². The number of allylic oxidation sites excluding steroid dienone is 1. The van der Waals surface area contributed by atoms with E-state index in [-0.39, 0.29) is 12.6 Å². The van der Waals surface area contributed by atoms with Crippen LogP contribution in [0.2, 0.25) is 0 Å². The molecule has 4 nitrogen and oxygen atoms in total. The molecule has 1 aromatic carbocycles. The minimum atomic E-state index is -4.39. The van der Waals surface area contributed by atoms with E-state index in [1.807, 2.05) is 19.1 Å². The number of carbonyl (C=O) groups is 1. The predicted molar refractivity (Wildman–Crippen MR) is 84.3 cm³/mol. The van der Waals surface area contributed by atoms with Crippen molar-refractivity contribution < 1.29 is 23.1 Å². The zero-order valence-electron chi connectivity index (χ0n) is 13.4. The number of nitrogens with one attached hydrogen (secondary N) is 1. The fourth-order valence-corrected chi connectivity index (χ4v) is 2.78. The van der Waals surface area contributed by atoms with Gasteiger partial charge in [-0.15, -0.1) is 0 Å². The van der Waals surface area contributed by atoms with Gasteiger partial charge in [0, 0.05) is 13.1 Å². The van der Waals surface area contributed by atoms with Crippen LogP contribution >= 0.6 is 0 Å². The van der Waals surface area contributed by atoms with Gasteiger partial charge in [-0.25, -0.2) is 4.79 Å². The van der Waals surface area contributed by atoms with E-state index in [1.54, 1.807) is 0 Å². The van der Waals surface area contributed by atoms with Crippen LogP contribution in [0.4, 0.5) is 18.0 Å². The Morgan fingerprint density at radius 3 is 2.62 bits per heavy atom. The number of alkyl halides is 3. The fourth-order valence-electron chi connectivity index (χ4n) is 2.78. The molecule has 2 N–H and O–H groups in total. The van der Waals surface area contributed by atoms with Crippen molar-refractivity contribution >= 4 is 6.03 Å². The normalized spacial score (nSPS) is 21.5. The van der Waals surface area contributed by atoms with Gasteiger partial charge in [0.1, 0.15) is 0 Å². The van der Waals surface area contributed by atoms with Crippen molar-refractivity contribution in [2.45, 2.75) is 38.1 Å². The van der Waals surface area contributed by atoms with Crippen LogP contribution < -0.4 is 5.32 Å². The molecule has 7 heteroatoms. The second-order valence-electron chi connectivity index (χ2n) is 5.77. The third kappa shape index (κ3) is 4.50. The standard InChI is InChI=1S/C17H21F3N2O2/c1-2-3-4-9-21-16(24)22-11-14(23)10-15(22)12-5-7-13(8-6-12)17(18,19)20/h2-3,5-8,14-15,23H,4,9-11H2,1H3,(H,21,24)/b3-2+. The van der Waals surface area contributed by atoms with Gasteiger partial charge in [-0.2, -0.15) is 13.2 Å². The van der Waals surface area contributed by atoms with Crippen LogP contribution in [0.5, 0.6) is 0 Å². The molecular weight excluding hydrogens is 321 g/mol. The lowest BCUT2D eigenvalue weighted by atomic mass is 10.0. The highest BCUT2D eigenvalue weighted by molar-refractivity contribution is 5.75. The van der Waals surface area contributed by atoms with E-state index in [2.05, 4.69) is 5.32 Å². The van der Waals surface area contributed by atoms with E-state index in [0.717, 1.165) is 12.1 Å². The lowest BCUT2D eigenvalue weighted by molar-refractivity contribution is -0.137. The zero-order chi connectivity index (χ0) is 17.7. The maximum Gasteiger partial charge on any atom is 0.416 e. The number of benzene rings is 1. The van der Waals surface area contributed by atoms with Crippen LogP contribution in [0.3, 0.4) is 0 Å². The zero-order valence-corrected chi connectivity index (χ0v) is 13.4. The molecule has 0 saturated carbocycles. The lowest BCUT2D eigenvalue weighted by Crippen LogP contribution is -2.40. The van der Waals surface area contributed by atoms with Crippen molar-refractivity contribution in [3.63, 3.8) is 0 Å². The molecule has 1 aliphatic heterocycles. The number of halogens is 3. The number of β-amino-alcohol motifs (C(OH)–C–C–N with tert-alkyl or cyclic N) is 1. The molecule has 0 spiro atoms. The van der Waals surface area contributed by atoms with Gasteiger partial charge in [-0.3, -0.25) is 0 Å². The van der Waals surface area contributed by atoms with Crippen LogP contribution in [0, 0.1) is 0 Å². The van der Waals surface area contributed by atoms with Crippen LogP contribution in [0.15, 0.2) is 36.4 Å². The van der Waals surface area contributed by atoms with Crippen LogP contribution in [0.1, 0.15) is 36.9 Å². The molecule has 1 aliphatic rings. The van der Waals surface area contributed by atoms with E-state index >= 15 is 0 Å². The summed E-state index contributed by atoms with van der Waals surface area (Å²) < 4.78 is 37.9. The summed E-state index contributed by atoms with van der Waals surface area (Å²) in [5, 5.41) is 12.6. The summed E-state index contributed by atoms with van der Waals surface area (Å²) in [6.07, 6.45) is -0.253. The van der Waals surface area contributed by atoms with E-state index in [0.29, 0.717) is 24.9 Å². The predicted octanol–water partition coefficient (Wildman–Crippen LogP) is 3.49. The highest BCUT2D eigenvalue weighted by Crippen LogP contribution is 2.35.